The topological polar surface area (TPSA) is 97.7 Å². The number of aromatic amines is 1. The number of benzene rings is 1. The lowest BCUT2D eigenvalue weighted by molar-refractivity contribution is 0.0907. The van der Waals surface area contributed by atoms with E-state index >= 15 is 0 Å². The Labute approximate surface area is 170 Å². The number of carbonyl (C=O) groups excluding carboxylic acids is 1. The number of fused-ring (bicyclic) bond motifs is 2. The molecule has 0 aliphatic rings. The van der Waals surface area contributed by atoms with Gasteiger partial charge in [0.05, 0.1) is 29.3 Å². The van der Waals surface area contributed by atoms with E-state index in [-0.39, 0.29) is 17.0 Å². The molecule has 1 amide bonds. The second kappa shape index (κ2) is 7.41. The normalized spacial score (nSPS) is 12.6. The summed E-state index contributed by atoms with van der Waals surface area (Å²) in [5.74, 6) is -0.811. The number of rotatable bonds is 5. The molecule has 10 heteroatoms. The predicted octanol–water partition coefficient (Wildman–Crippen LogP) is 3.07. The average Bonchev–Trinajstić information content (AvgIpc) is 3.23. The third kappa shape index (κ3) is 3.43. The highest BCUT2D eigenvalue weighted by atomic mass is 35.5. The second-order valence-electron chi connectivity index (χ2n) is 6.74. The van der Waals surface area contributed by atoms with Gasteiger partial charge in [-0.15, -0.1) is 0 Å². The Morgan fingerprint density at radius 1 is 1.45 bits per heavy atom. The molecule has 29 heavy (non-hydrogen) atoms. The number of ether oxygens (including phenoxy) is 1. The molecule has 4 rings (SSSR count). The summed E-state index contributed by atoms with van der Waals surface area (Å²) in [7, 11) is 3.26. The summed E-state index contributed by atoms with van der Waals surface area (Å²) < 4.78 is 21.2. The zero-order valence-corrected chi connectivity index (χ0v) is 16.7. The van der Waals surface area contributed by atoms with Gasteiger partial charge in [-0.2, -0.15) is 5.10 Å². The first-order valence-electron chi connectivity index (χ1n) is 8.85. The quantitative estimate of drug-likeness (QED) is 0.521. The van der Waals surface area contributed by atoms with Crippen LogP contribution in [0.1, 0.15) is 17.3 Å². The van der Waals surface area contributed by atoms with Crippen LogP contribution in [0.4, 0.5) is 4.39 Å². The molecule has 0 fully saturated rings. The van der Waals surface area contributed by atoms with Gasteiger partial charge in [-0.1, -0.05) is 11.6 Å². The molecule has 0 saturated heterocycles. The van der Waals surface area contributed by atoms with Crippen LogP contribution in [0.2, 0.25) is 5.02 Å². The molecular formula is C19H18ClFN6O2. The van der Waals surface area contributed by atoms with E-state index in [2.05, 4.69) is 25.4 Å². The summed E-state index contributed by atoms with van der Waals surface area (Å²) in [6, 6.07) is 2.69. The Balaban J connectivity index is 1.81. The molecule has 8 nitrogen and oxygen atoms in total. The number of nitrogens with zero attached hydrogens (tertiary/aromatic N) is 4. The van der Waals surface area contributed by atoms with E-state index in [9.17, 15) is 9.18 Å². The Morgan fingerprint density at radius 2 is 2.24 bits per heavy atom. The fraction of sp³-hybridized carbons (Fsp3) is 0.263. The van der Waals surface area contributed by atoms with E-state index in [1.54, 1.807) is 26.4 Å². The maximum Gasteiger partial charge on any atom is 0.255 e. The monoisotopic (exact) mass is 416 g/mol. The third-order valence-corrected chi connectivity index (χ3v) is 4.75. The number of aromatic nitrogens is 5. The summed E-state index contributed by atoms with van der Waals surface area (Å²) in [6.07, 6.45) is 3.03. The molecule has 0 spiro atoms. The number of nitrogens with one attached hydrogen (secondary N) is 2. The Bertz CT molecular complexity index is 1230. The number of aryl methyl sites for hydroxylation is 1. The van der Waals surface area contributed by atoms with Gasteiger partial charge in [0.2, 0.25) is 0 Å². The second-order valence-corrected chi connectivity index (χ2v) is 7.18. The van der Waals surface area contributed by atoms with Gasteiger partial charge in [-0.05, 0) is 19.1 Å². The van der Waals surface area contributed by atoms with Crippen molar-refractivity contribution in [2.45, 2.75) is 13.0 Å². The fourth-order valence-electron chi connectivity index (χ4n) is 3.25. The third-order valence-electron chi connectivity index (χ3n) is 4.53. The zero-order chi connectivity index (χ0) is 20.7. The van der Waals surface area contributed by atoms with Crippen molar-refractivity contribution in [1.29, 1.82) is 0 Å². The molecule has 0 saturated carbocycles. The summed E-state index contributed by atoms with van der Waals surface area (Å²) in [4.78, 5) is 24.4. The molecule has 0 unspecified atom stereocenters. The molecular weight excluding hydrogens is 399 g/mol. The van der Waals surface area contributed by atoms with Crippen molar-refractivity contribution in [2.75, 3.05) is 13.7 Å². The van der Waals surface area contributed by atoms with Crippen molar-refractivity contribution in [3.8, 4) is 11.4 Å². The van der Waals surface area contributed by atoms with Crippen LogP contribution in [0.25, 0.3) is 33.5 Å². The number of halogens is 2. The van der Waals surface area contributed by atoms with Gasteiger partial charge in [-0.3, -0.25) is 9.48 Å². The highest BCUT2D eigenvalue weighted by molar-refractivity contribution is 6.31. The first-order valence-corrected chi connectivity index (χ1v) is 9.23. The van der Waals surface area contributed by atoms with Gasteiger partial charge in [0.1, 0.15) is 22.7 Å². The molecule has 0 bridgehead atoms. The fourth-order valence-corrected chi connectivity index (χ4v) is 3.45. The van der Waals surface area contributed by atoms with Crippen molar-refractivity contribution in [3.63, 3.8) is 0 Å². The summed E-state index contributed by atoms with van der Waals surface area (Å²) in [5.41, 5.74) is 2.36. The molecule has 3 aromatic heterocycles. The molecule has 3 heterocycles. The minimum absolute atomic E-state index is 0.174. The van der Waals surface area contributed by atoms with Crippen LogP contribution in [-0.2, 0) is 11.8 Å². The molecule has 1 atom stereocenters. The first kappa shape index (κ1) is 19.3. The molecule has 150 valence electrons. The van der Waals surface area contributed by atoms with Crippen molar-refractivity contribution < 1.29 is 13.9 Å². The van der Waals surface area contributed by atoms with E-state index in [0.29, 0.717) is 45.6 Å². The van der Waals surface area contributed by atoms with Crippen LogP contribution < -0.4 is 5.32 Å². The molecule has 0 aliphatic heterocycles. The van der Waals surface area contributed by atoms with Crippen molar-refractivity contribution in [3.05, 3.63) is 40.9 Å². The minimum Gasteiger partial charge on any atom is -0.383 e. The number of amides is 1. The van der Waals surface area contributed by atoms with Gasteiger partial charge in [0, 0.05) is 31.4 Å². The smallest absolute Gasteiger partial charge is 0.255 e. The minimum atomic E-state index is -0.502. The van der Waals surface area contributed by atoms with Crippen LogP contribution in [0.3, 0.4) is 0 Å². The molecule has 1 aromatic carbocycles. The van der Waals surface area contributed by atoms with Gasteiger partial charge in [-0.25, -0.2) is 14.4 Å². The molecule has 4 aromatic rings. The van der Waals surface area contributed by atoms with Gasteiger partial charge >= 0.3 is 0 Å². The molecule has 0 aliphatic carbocycles. The van der Waals surface area contributed by atoms with Crippen molar-refractivity contribution >= 4 is 39.6 Å². The SMILES string of the molecule is COC[C@H](C)NC(=O)c1c[nH]c2ncc(-c3nn(C)c4cc(Cl)cc(F)c34)nc12. The summed E-state index contributed by atoms with van der Waals surface area (Å²) >= 11 is 5.97. The lowest BCUT2D eigenvalue weighted by Crippen LogP contribution is -2.35. The van der Waals surface area contributed by atoms with E-state index < -0.39 is 5.82 Å². The summed E-state index contributed by atoms with van der Waals surface area (Å²) in [5, 5.41) is 7.80. The van der Waals surface area contributed by atoms with Crippen LogP contribution in [0, 0.1) is 5.82 Å². The van der Waals surface area contributed by atoms with Crippen LogP contribution in [0.5, 0.6) is 0 Å². The van der Waals surface area contributed by atoms with Crippen LogP contribution in [-0.4, -0.2) is 50.4 Å². The lowest BCUT2D eigenvalue weighted by atomic mass is 10.1. The van der Waals surface area contributed by atoms with E-state index in [1.165, 1.54) is 16.9 Å². The number of H-pyrrole nitrogens is 1. The number of hydrogen-bond donors (Lipinski definition) is 2. The molecule has 2 N–H and O–H groups in total. The van der Waals surface area contributed by atoms with E-state index in [0.717, 1.165) is 0 Å². The maximum absolute atomic E-state index is 14.6. The van der Waals surface area contributed by atoms with E-state index in [4.69, 9.17) is 16.3 Å². The molecule has 0 radical (unpaired) electrons. The van der Waals surface area contributed by atoms with Gasteiger partial charge in [0.15, 0.2) is 5.65 Å². The Hall–Kier alpha value is -3.04. The van der Waals surface area contributed by atoms with Crippen molar-refractivity contribution in [2.24, 2.45) is 7.05 Å². The van der Waals surface area contributed by atoms with Gasteiger partial charge in [0.25, 0.3) is 5.91 Å². The number of methoxy groups -OCH3 is 1. The lowest BCUT2D eigenvalue weighted by Gasteiger charge is -2.11. The van der Waals surface area contributed by atoms with Crippen LogP contribution in [0.15, 0.2) is 24.5 Å². The zero-order valence-electron chi connectivity index (χ0n) is 16.0. The first-order chi connectivity index (χ1) is 13.9. The largest absolute Gasteiger partial charge is 0.383 e. The number of carbonyl (C=O) groups is 1. The Kier molecular flexibility index (Phi) is 4.93. The number of hydrogen-bond acceptors (Lipinski definition) is 5. The Morgan fingerprint density at radius 3 is 3.00 bits per heavy atom. The highest BCUT2D eigenvalue weighted by Gasteiger charge is 2.20. The van der Waals surface area contributed by atoms with E-state index in [1.807, 2.05) is 6.92 Å². The van der Waals surface area contributed by atoms with Gasteiger partial charge < -0.3 is 15.0 Å². The summed E-state index contributed by atoms with van der Waals surface area (Å²) in [6.45, 7) is 2.22. The average molecular weight is 417 g/mol. The van der Waals surface area contributed by atoms with Crippen LogP contribution >= 0.6 is 11.6 Å². The highest BCUT2D eigenvalue weighted by Crippen LogP contribution is 2.31. The van der Waals surface area contributed by atoms with Crippen molar-refractivity contribution in [1.82, 2.24) is 30.0 Å². The predicted molar refractivity (Wildman–Crippen MR) is 107 cm³/mol. The standard InChI is InChI=1S/C19H18ClFN6O2/c1-9(8-29-3)24-19(28)11-6-22-18-16(11)25-13(7-23-18)17-15-12(21)4-10(20)5-14(15)27(2)26-17/h4-7,9H,8H2,1-3H3,(H,22,23)(H,24,28)/t9-/m0/s1. The maximum atomic E-state index is 14.6.